The van der Waals surface area contributed by atoms with Gasteiger partial charge in [0.1, 0.15) is 5.75 Å². The fourth-order valence-electron chi connectivity index (χ4n) is 4.03. The van der Waals surface area contributed by atoms with E-state index in [1.165, 1.54) is 0 Å². The quantitative estimate of drug-likeness (QED) is 0.582. The Morgan fingerprint density at radius 1 is 0.879 bits per heavy atom. The van der Waals surface area contributed by atoms with Gasteiger partial charge in [-0.15, -0.1) is 0 Å². The number of carbonyl (C=O) groups excluding carboxylic acids is 2. The molecule has 0 aliphatic carbocycles. The first kappa shape index (κ1) is 22.4. The summed E-state index contributed by atoms with van der Waals surface area (Å²) in [5, 5.41) is 6.08. The Morgan fingerprint density at radius 3 is 2.24 bits per heavy atom. The molecule has 1 saturated heterocycles. The molecule has 3 aromatic carbocycles. The number of nitrogens with zero attached hydrogens (tertiary/aromatic N) is 1. The maximum atomic E-state index is 12.9. The van der Waals surface area contributed by atoms with Crippen molar-refractivity contribution in [2.75, 3.05) is 30.4 Å². The number of nitrogens with one attached hydrogen (secondary N) is 2. The molecule has 33 heavy (non-hydrogen) atoms. The second-order valence-corrected chi connectivity index (χ2v) is 8.28. The molecule has 1 heterocycles. The molecule has 0 saturated carbocycles. The molecule has 6 heteroatoms. The summed E-state index contributed by atoms with van der Waals surface area (Å²) in [7, 11) is 1.66. The van der Waals surface area contributed by atoms with Crippen LogP contribution in [0, 0.1) is 6.92 Å². The van der Waals surface area contributed by atoms with Crippen LogP contribution in [0.2, 0.25) is 0 Å². The molecule has 0 radical (unpaired) electrons. The van der Waals surface area contributed by atoms with E-state index in [0.29, 0.717) is 16.8 Å². The molecular weight excluding hydrogens is 414 g/mol. The molecule has 0 spiro atoms. The molecule has 0 bridgehead atoms. The summed E-state index contributed by atoms with van der Waals surface area (Å²) in [5.41, 5.74) is 3.84. The van der Waals surface area contributed by atoms with Gasteiger partial charge in [0.25, 0.3) is 11.8 Å². The van der Waals surface area contributed by atoms with Crippen molar-refractivity contribution in [2.45, 2.75) is 25.8 Å². The Kier molecular flexibility index (Phi) is 6.93. The lowest BCUT2D eigenvalue weighted by Gasteiger charge is -2.34. The van der Waals surface area contributed by atoms with Gasteiger partial charge in [0.15, 0.2) is 0 Å². The number of anilines is 2. The van der Waals surface area contributed by atoms with Gasteiger partial charge in [0.2, 0.25) is 0 Å². The third-order valence-corrected chi connectivity index (χ3v) is 6.05. The average molecular weight is 444 g/mol. The van der Waals surface area contributed by atoms with Crippen molar-refractivity contribution >= 4 is 23.2 Å². The van der Waals surface area contributed by atoms with Crippen LogP contribution in [0.15, 0.2) is 72.8 Å². The predicted molar refractivity (Wildman–Crippen MR) is 131 cm³/mol. The third kappa shape index (κ3) is 5.52. The van der Waals surface area contributed by atoms with Crippen molar-refractivity contribution < 1.29 is 14.3 Å². The van der Waals surface area contributed by atoms with Crippen molar-refractivity contribution in [3.8, 4) is 5.75 Å². The Bertz CT molecular complexity index is 1110. The van der Waals surface area contributed by atoms with Crippen LogP contribution in [-0.4, -0.2) is 38.1 Å². The standard InChI is InChI=1S/C27H29N3O3/c1-19-8-9-21(18-25(19)29-26(31)20-6-4-3-5-7-20)27(32)28-22-14-16-30(17-15-22)23-10-12-24(33-2)13-11-23/h3-13,18,22H,14-17H2,1-2H3,(H,28,32)(H,29,31). The zero-order chi connectivity index (χ0) is 23.2. The van der Waals surface area contributed by atoms with Gasteiger partial charge in [-0.3, -0.25) is 9.59 Å². The summed E-state index contributed by atoms with van der Waals surface area (Å²) in [6.07, 6.45) is 1.75. The van der Waals surface area contributed by atoms with Crippen LogP contribution < -0.4 is 20.3 Å². The van der Waals surface area contributed by atoms with E-state index in [1.807, 2.05) is 43.3 Å². The van der Waals surface area contributed by atoms with Gasteiger partial charge in [-0.1, -0.05) is 24.3 Å². The van der Waals surface area contributed by atoms with E-state index in [0.717, 1.165) is 42.9 Å². The van der Waals surface area contributed by atoms with Crippen LogP contribution in [0.5, 0.6) is 5.75 Å². The Labute approximate surface area is 194 Å². The summed E-state index contributed by atoms with van der Waals surface area (Å²) in [5.74, 6) is 0.536. The molecule has 0 unspecified atom stereocenters. The number of aryl methyl sites for hydroxylation is 1. The summed E-state index contributed by atoms with van der Waals surface area (Å²) >= 11 is 0. The number of methoxy groups -OCH3 is 1. The van der Waals surface area contributed by atoms with E-state index in [-0.39, 0.29) is 17.9 Å². The molecule has 2 amide bonds. The molecule has 1 fully saturated rings. The van der Waals surface area contributed by atoms with Crippen LogP contribution in [0.3, 0.4) is 0 Å². The van der Waals surface area contributed by atoms with Gasteiger partial charge < -0.3 is 20.3 Å². The van der Waals surface area contributed by atoms with Crippen LogP contribution >= 0.6 is 0 Å². The van der Waals surface area contributed by atoms with Crippen molar-refractivity contribution in [2.24, 2.45) is 0 Å². The zero-order valence-electron chi connectivity index (χ0n) is 19.0. The molecule has 2 N–H and O–H groups in total. The van der Waals surface area contributed by atoms with Crippen molar-refractivity contribution in [1.29, 1.82) is 0 Å². The Hall–Kier alpha value is -3.80. The number of amides is 2. The van der Waals surface area contributed by atoms with Crippen molar-refractivity contribution in [3.63, 3.8) is 0 Å². The number of hydrogen-bond acceptors (Lipinski definition) is 4. The van der Waals surface area contributed by atoms with Crippen molar-refractivity contribution in [3.05, 3.63) is 89.5 Å². The molecular formula is C27H29N3O3. The minimum atomic E-state index is -0.192. The summed E-state index contributed by atoms with van der Waals surface area (Å²) in [4.78, 5) is 27.8. The molecule has 170 valence electrons. The first-order chi connectivity index (χ1) is 16.0. The number of benzene rings is 3. The molecule has 1 aliphatic rings. The second kappa shape index (κ2) is 10.2. The van der Waals surface area contributed by atoms with E-state index in [1.54, 1.807) is 31.4 Å². The Balaban J connectivity index is 1.35. The van der Waals surface area contributed by atoms with Gasteiger partial charge in [0.05, 0.1) is 7.11 Å². The van der Waals surface area contributed by atoms with Gasteiger partial charge in [0, 0.05) is 41.6 Å². The van der Waals surface area contributed by atoms with Crippen molar-refractivity contribution in [1.82, 2.24) is 5.32 Å². The largest absolute Gasteiger partial charge is 0.497 e. The molecule has 0 atom stereocenters. The van der Waals surface area contributed by atoms with Gasteiger partial charge in [-0.05, 0) is 73.9 Å². The molecule has 1 aliphatic heterocycles. The van der Waals surface area contributed by atoms with Crippen LogP contribution in [0.25, 0.3) is 0 Å². The van der Waals surface area contributed by atoms with E-state index in [2.05, 4.69) is 27.7 Å². The highest BCUT2D eigenvalue weighted by Crippen LogP contribution is 2.23. The minimum absolute atomic E-state index is 0.117. The van der Waals surface area contributed by atoms with E-state index >= 15 is 0 Å². The normalized spacial score (nSPS) is 13.9. The van der Waals surface area contributed by atoms with Crippen LogP contribution in [0.4, 0.5) is 11.4 Å². The van der Waals surface area contributed by atoms with Crippen LogP contribution in [-0.2, 0) is 0 Å². The Morgan fingerprint density at radius 2 is 1.58 bits per heavy atom. The number of carbonyl (C=O) groups is 2. The lowest BCUT2D eigenvalue weighted by molar-refractivity contribution is 0.0930. The lowest BCUT2D eigenvalue weighted by atomic mass is 10.0. The highest BCUT2D eigenvalue weighted by molar-refractivity contribution is 6.05. The number of piperidine rings is 1. The first-order valence-corrected chi connectivity index (χ1v) is 11.2. The average Bonchev–Trinajstić information content (AvgIpc) is 2.86. The zero-order valence-corrected chi connectivity index (χ0v) is 19.0. The fourth-order valence-corrected chi connectivity index (χ4v) is 4.03. The summed E-state index contributed by atoms with van der Waals surface area (Å²) in [6.45, 7) is 3.67. The maximum Gasteiger partial charge on any atom is 0.255 e. The second-order valence-electron chi connectivity index (χ2n) is 8.28. The number of rotatable bonds is 6. The topological polar surface area (TPSA) is 70.7 Å². The molecule has 6 nitrogen and oxygen atoms in total. The lowest BCUT2D eigenvalue weighted by Crippen LogP contribution is -2.44. The highest BCUT2D eigenvalue weighted by atomic mass is 16.5. The third-order valence-electron chi connectivity index (χ3n) is 6.05. The van der Waals surface area contributed by atoms with Gasteiger partial charge >= 0.3 is 0 Å². The molecule has 0 aromatic heterocycles. The van der Waals surface area contributed by atoms with Gasteiger partial charge in [-0.25, -0.2) is 0 Å². The van der Waals surface area contributed by atoms with E-state index < -0.39 is 0 Å². The minimum Gasteiger partial charge on any atom is -0.497 e. The van der Waals surface area contributed by atoms with E-state index in [4.69, 9.17) is 4.74 Å². The highest BCUT2D eigenvalue weighted by Gasteiger charge is 2.22. The SMILES string of the molecule is COc1ccc(N2CCC(NC(=O)c3ccc(C)c(NC(=O)c4ccccc4)c3)CC2)cc1. The predicted octanol–water partition coefficient (Wildman–Crippen LogP) is 4.65. The van der Waals surface area contributed by atoms with E-state index in [9.17, 15) is 9.59 Å². The smallest absolute Gasteiger partial charge is 0.255 e. The summed E-state index contributed by atoms with van der Waals surface area (Å²) < 4.78 is 5.23. The molecule has 4 rings (SSSR count). The van der Waals surface area contributed by atoms with Gasteiger partial charge in [-0.2, -0.15) is 0 Å². The molecule has 3 aromatic rings. The first-order valence-electron chi connectivity index (χ1n) is 11.2. The number of hydrogen-bond donors (Lipinski definition) is 2. The fraction of sp³-hybridized carbons (Fsp3) is 0.259. The monoisotopic (exact) mass is 443 g/mol. The number of ether oxygens (including phenoxy) is 1. The maximum absolute atomic E-state index is 12.9. The summed E-state index contributed by atoms with van der Waals surface area (Å²) in [6, 6.07) is 22.6. The van der Waals surface area contributed by atoms with Crippen LogP contribution in [0.1, 0.15) is 39.1 Å².